The molecule has 3 aromatic carbocycles. The molecule has 7 N–H and O–H groups in total. The Morgan fingerprint density at radius 3 is 2.56 bits per heavy atom. The minimum absolute atomic E-state index is 0.0196. The molecule has 1 heterocycles. The Morgan fingerprint density at radius 1 is 1.03 bits per heavy atom. The largest absolute Gasteiger partial charge is 0.350 e. The minimum Gasteiger partial charge on any atom is -0.350 e. The molecule has 1 fully saturated rings. The molecule has 1 saturated heterocycles. The van der Waals surface area contributed by atoms with Gasteiger partial charge in [-0.3, -0.25) is 14.9 Å². The Morgan fingerprint density at radius 2 is 1.78 bits per heavy atom. The number of hydrogen-bond acceptors (Lipinski definition) is 6. The zero-order valence-corrected chi connectivity index (χ0v) is 20.5. The summed E-state index contributed by atoms with van der Waals surface area (Å²) in [6, 6.07) is 23.4. The SMILES string of the molecule is NC(N)NCCC[C@@H]1N[C@H](CNC(=O)c2ccc3ccccc3c2)CCN(Cc2ccccc2)C1=O. The van der Waals surface area contributed by atoms with Gasteiger partial charge in [-0.15, -0.1) is 0 Å². The smallest absolute Gasteiger partial charge is 0.251 e. The number of hydrogen-bond donors (Lipinski definition) is 5. The maximum atomic E-state index is 13.4. The van der Waals surface area contributed by atoms with E-state index in [0.29, 0.717) is 38.2 Å². The molecule has 36 heavy (non-hydrogen) atoms. The summed E-state index contributed by atoms with van der Waals surface area (Å²) in [5.41, 5.74) is 12.9. The lowest BCUT2D eigenvalue weighted by Crippen LogP contribution is -2.49. The highest BCUT2D eigenvalue weighted by molar-refractivity contribution is 5.98. The maximum Gasteiger partial charge on any atom is 0.251 e. The number of nitrogens with one attached hydrogen (secondary N) is 3. The Hall–Kier alpha value is -3.30. The maximum absolute atomic E-state index is 13.4. The summed E-state index contributed by atoms with van der Waals surface area (Å²) < 4.78 is 0. The summed E-state index contributed by atoms with van der Waals surface area (Å²) in [6.45, 7) is 2.27. The van der Waals surface area contributed by atoms with Crippen LogP contribution in [0.25, 0.3) is 10.8 Å². The number of nitrogens with two attached hydrogens (primary N) is 2. The van der Waals surface area contributed by atoms with Gasteiger partial charge in [-0.1, -0.05) is 60.7 Å². The first-order valence-electron chi connectivity index (χ1n) is 12.6. The number of carbonyl (C=O) groups is 2. The second-order valence-corrected chi connectivity index (χ2v) is 9.34. The van der Waals surface area contributed by atoms with Gasteiger partial charge < -0.3 is 27.0 Å². The molecule has 1 aliphatic rings. The fourth-order valence-electron chi connectivity index (χ4n) is 4.63. The zero-order valence-electron chi connectivity index (χ0n) is 20.5. The van der Waals surface area contributed by atoms with Gasteiger partial charge in [-0.2, -0.15) is 0 Å². The van der Waals surface area contributed by atoms with Crippen LogP contribution in [0.2, 0.25) is 0 Å². The summed E-state index contributed by atoms with van der Waals surface area (Å²) in [5.74, 6) is -0.0313. The Labute approximate surface area is 212 Å². The van der Waals surface area contributed by atoms with Gasteiger partial charge in [0.25, 0.3) is 5.91 Å². The molecular formula is C28H36N6O2. The molecule has 0 bridgehead atoms. The highest BCUT2D eigenvalue weighted by Crippen LogP contribution is 2.17. The van der Waals surface area contributed by atoms with Gasteiger partial charge >= 0.3 is 0 Å². The molecule has 8 heteroatoms. The molecule has 3 aromatic rings. The number of nitrogens with zero attached hydrogens (tertiary/aromatic N) is 1. The van der Waals surface area contributed by atoms with Crippen molar-refractivity contribution in [2.75, 3.05) is 19.6 Å². The first-order valence-corrected chi connectivity index (χ1v) is 12.6. The van der Waals surface area contributed by atoms with Crippen molar-refractivity contribution < 1.29 is 9.59 Å². The monoisotopic (exact) mass is 488 g/mol. The van der Waals surface area contributed by atoms with Gasteiger partial charge in [-0.05, 0) is 54.3 Å². The Bertz CT molecular complexity index is 1150. The van der Waals surface area contributed by atoms with Crippen molar-refractivity contribution in [2.45, 2.75) is 44.2 Å². The van der Waals surface area contributed by atoms with Crippen molar-refractivity contribution in [3.8, 4) is 0 Å². The summed E-state index contributed by atoms with van der Waals surface area (Å²) in [5, 5.41) is 11.7. The third kappa shape index (κ3) is 7.11. The van der Waals surface area contributed by atoms with E-state index in [9.17, 15) is 9.59 Å². The second-order valence-electron chi connectivity index (χ2n) is 9.34. The summed E-state index contributed by atoms with van der Waals surface area (Å²) in [4.78, 5) is 28.2. The molecule has 0 aliphatic carbocycles. The quantitative estimate of drug-likeness (QED) is 0.219. The summed E-state index contributed by atoms with van der Waals surface area (Å²) in [7, 11) is 0. The summed E-state index contributed by atoms with van der Waals surface area (Å²) >= 11 is 0. The van der Waals surface area contributed by atoms with E-state index in [4.69, 9.17) is 11.5 Å². The summed E-state index contributed by atoms with van der Waals surface area (Å²) in [6.07, 6.45) is 1.58. The third-order valence-corrected chi connectivity index (χ3v) is 6.58. The molecule has 0 saturated carbocycles. The van der Waals surface area contributed by atoms with Crippen molar-refractivity contribution in [3.63, 3.8) is 0 Å². The van der Waals surface area contributed by atoms with Crippen LogP contribution in [0.4, 0.5) is 0 Å². The van der Waals surface area contributed by atoms with Crippen LogP contribution in [-0.2, 0) is 11.3 Å². The lowest BCUT2D eigenvalue weighted by molar-refractivity contribution is -0.133. The van der Waals surface area contributed by atoms with E-state index in [2.05, 4.69) is 16.0 Å². The van der Waals surface area contributed by atoms with Crippen molar-refractivity contribution in [3.05, 3.63) is 83.9 Å². The Kier molecular flexibility index (Phi) is 9.02. The van der Waals surface area contributed by atoms with E-state index >= 15 is 0 Å². The molecule has 0 radical (unpaired) electrons. The number of benzene rings is 3. The zero-order chi connectivity index (χ0) is 25.3. The molecule has 1 aliphatic heterocycles. The minimum atomic E-state index is -0.574. The highest BCUT2D eigenvalue weighted by atomic mass is 16.2. The van der Waals surface area contributed by atoms with Gasteiger partial charge in [0.15, 0.2) is 0 Å². The van der Waals surface area contributed by atoms with Crippen LogP contribution >= 0.6 is 0 Å². The Balaban J connectivity index is 1.40. The normalized spacial score (nSPS) is 18.4. The topological polar surface area (TPSA) is 126 Å². The number of carbonyl (C=O) groups excluding carboxylic acids is 2. The van der Waals surface area contributed by atoms with Gasteiger partial charge in [-0.25, -0.2) is 0 Å². The van der Waals surface area contributed by atoms with E-state index in [1.54, 1.807) is 0 Å². The van der Waals surface area contributed by atoms with Crippen molar-refractivity contribution in [2.24, 2.45) is 11.5 Å². The first-order chi connectivity index (χ1) is 17.5. The van der Waals surface area contributed by atoms with Crippen LogP contribution in [0.3, 0.4) is 0 Å². The van der Waals surface area contributed by atoms with Gasteiger partial charge in [0, 0.05) is 31.2 Å². The molecule has 0 aromatic heterocycles. The van der Waals surface area contributed by atoms with Crippen LogP contribution in [-0.4, -0.2) is 54.7 Å². The lowest BCUT2D eigenvalue weighted by atomic mass is 10.1. The molecule has 4 rings (SSSR count). The van der Waals surface area contributed by atoms with E-state index < -0.39 is 6.29 Å². The van der Waals surface area contributed by atoms with Gasteiger partial charge in [0.2, 0.25) is 5.91 Å². The first kappa shape index (κ1) is 25.8. The van der Waals surface area contributed by atoms with Crippen LogP contribution in [0.15, 0.2) is 72.8 Å². The van der Waals surface area contributed by atoms with Gasteiger partial charge in [0.05, 0.1) is 6.04 Å². The van der Waals surface area contributed by atoms with E-state index in [1.807, 2.05) is 77.7 Å². The highest BCUT2D eigenvalue weighted by Gasteiger charge is 2.30. The standard InChI is InChI=1S/C28H36N6O2/c29-28(30)31-15-6-11-25-27(36)34(19-20-7-2-1-3-8-20)16-14-24(33-25)18-32-26(35)23-13-12-21-9-4-5-10-22(21)17-23/h1-5,7-10,12-13,17,24-25,28,31,33H,6,11,14-16,18-19,29-30H2,(H,32,35)/t24-,25-/m0/s1. The van der Waals surface area contributed by atoms with Crippen LogP contribution < -0.4 is 27.4 Å². The van der Waals surface area contributed by atoms with Crippen molar-refractivity contribution >= 4 is 22.6 Å². The predicted molar refractivity (Wildman–Crippen MR) is 143 cm³/mol. The average molecular weight is 489 g/mol. The molecule has 0 spiro atoms. The average Bonchev–Trinajstić information content (AvgIpc) is 3.04. The molecule has 2 atom stereocenters. The lowest BCUT2D eigenvalue weighted by Gasteiger charge is -2.25. The van der Waals surface area contributed by atoms with Crippen LogP contribution in [0.5, 0.6) is 0 Å². The van der Waals surface area contributed by atoms with Gasteiger partial charge in [0.1, 0.15) is 6.29 Å². The van der Waals surface area contributed by atoms with E-state index in [0.717, 1.165) is 29.2 Å². The number of amides is 2. The third-order valence-electron chi connectivity index (χ3n) is 6.58. The molecule has 190 valence electrons. The predicted octanol–water partition coefficient (Wildman–Crippen LogP) is 1.90. The fourth-order valence-corrected chi connectivity index (χ4v) is 4.63. The molecule has 8 nitrogen and oxygen atoms in total. The number of rotatable bonds is 10. The molecule has 2 amide bonds. The van der Waals surface area contributed by atoms with E-state index in [-0.39, 0.29) is 23.9 Å². The van der Waals surface area contributed by atoms with E-state index in [1.165, 1.54) is 0 Å². The fraction of sp³-hybridized carbons (Fsp3) is 0.357. The van der Waals surface area contributed by atoms with Crippen molar-refractivity contribution in [1.29, 1.82) is 0 Å². The van der Waals surface area contributed by atoms with Crippen LogP contribution in [0, 0.1) is 0 Å². The molecular weight excluding hydrogens is 452 g/mol. The molecule has 0 unspecified atom stereocenters. The number of fused-ring (bicyclic) bond motifs is 1. The second kappa shape index (κ2) is 12.6. The van der Waals surface area contributed by atoms with Crippen molar-refractivity contribution in [1.82, 2.24) is 20.9 Å². The van der Waals surface area contributed by atoms with Crippen LogP contribution in [0.1, 0.15) is 35.2 Å².